The fourth-order valence-corrected chi connectivity index (χ4v) is 3.31. The van der Waals surface area contributed by atoms with Crippen LogP contribution in [0.5, 0.6) is 0 Å². The van der Waals surface area contributed by atoms with Crippen molar-refractivity contribution in [1.29, 1.82) is 0 Å². The van der Waals surface area contributed by atoms with Crippen LogP contribution >= 0.6 is 0 Å². The lowest BCUT2D eigenvalue weighted by Gasteiger charge is -2.29. The molecule has 104 valence electrons. The van der Waals surface area contributed by atoms with E-state index in [-0.39, 0.29) is 0 Å². The number of aryl methyl sites for hydroxylation is 1. The van der Waals surface area contributed by atoms with Crippen LogP contribution in [-0.4, -0.2) is 28.1 Å². The topological polar surface area (TPSA) is 49.8 Å². The van der Waals surface area contributed by atoms with E-state index in [9.17, 15) is 0 Å². The second-order valence-corrected chi connectivity index (χ2v) is 6.36. The molecule has 3 heterocycles. The van der Waals surface area contributed by atoms with Crippen molar-refractivity contribution < 1.29 is 0 Å². The summed E-state index contributed by atoms with van der Waals surface area (Å²) in [7, 11) is 0. The Bertz CT molecular complexity index is 445. The largest absolute Gasteiger partial charge is 0.351 e. The molecule has 1 aromatic rings. The molecule has 2 N–H and O–H groups in total. The number of hydrogen-bond donors (Lipinski definition) is 2. The molecule has 0 amide bonds. The van der Waals surface area contributed by atoms with Gasteiger partial charge in [0.1, 0.15) is 0 Å². The lowest BCUT2D eigenvalue weighted by atomic mass is 10.00. The second-order valence-electron chi connectivity index (χ2n) is 6.36. The summed E-state index contributed by atoms with van der Waals surface area (Å²) in [4.78, 5) is 9.19. The number of fused-ring (bicyclic) bond motifs is 2. The third kappa shape index (κ3) is 2.89. The molecule has 2 aliphatic heterocycles. The molecule has 0 aromatic carbocycles. The summed E-state index contributed by atoms with van der Waals surface area (Å²) in [5.41, 5.74) is 2.19. The lowest BCUT2D eigenvalue weighted by molar-refractivity contribution is 0.377. The van der Waals surface area contributed by atoms with E-state index in [0.29, 0.717) is 24.0 Å². The van der Waals surface area contributed by atoms with Crippen molar-refractivity contribution in [3.8, 4) is 0 Å². The molecular weight excluding hydrogens is 236 g/mol. The molecule has 4 heteroatoms. The van der Waals surface area contributed by atoms with Gasteiger partial charge in [-0.05, 0) is 44.6 Å². The van der Waals surface area contributed by atoms with Crippen LogP contribution in [0, 0.1) is 6.92 Å². The standard InChI is InChI=1S/C15H24N4/c1-9(2)14-6-10(3)16-15(19-14)18-13-7-11-4-5-12(8-13)17-11/h6,9,11-13,17H,4-5,7-8H2,1-3H3,(H,16,18,19). The molecule has 4 nitrogen and oxygen atoms in total. The highest BCUT2D eigenvalue weighted by atomic mass is 15.1. The number of rotatable bonds is 3. The minimum atomic E-state index is 0.450. The van der Waals surface area contributed by atoms with Crippen LogP contribution in [0.25, 0.3) is 0 Å². The van der Waals surface area contributed by atoms with Gasteiger partial charge in [-0.15, -0.1) is 0 Å². The van der Waals surface area contributed by atoms with Gasteiger partial charge in [-0.25, -0.2) is 9.97 Å². The van der Waals surface area contributed by atoms with Crippen molar-refractivity contribution in [2.75, 3.05) is 5.32 Å². The molecule has 0 spiro atoms. The van der Waals surface area contributed by atoms with Gasteiger partial charge >= 0.3 is 0 Å². The summed E-state index contributed by atoms with van der Waals surface area (Å²) in [6.07, 6.45) is 5.05. The molecule has 2 aliphatic rings. The van der Waals surface area contributed by atoms with Crippen molar-refractivity contribution in [3.05, 3.63) is 17.5 Å². The molecule has 2 unspecified atom stereocenters. The monoisotopic (exact) mass is 260 g/mol. The Morgan fingerprint density at radius 2 is 1.89 bits per heavy atom. The number of nitrogens with one attached hydrogen (secondary N) is 2. The molecule has 3 rings (SSSR count). The Kier molecular flexibility index (Phi) is 3.44. The van der Waals surface area contributed by atoms with Gasteiger partial charge in [-0.2, -0.15) is 0 Å². The van der Waals surface area contributed by atoms with E-state index in [1.54, 1.807) is 0 Å². The molecule has 2 fully saturated rings. The summed E-state index contributed by atoms with van der Waals surface area (Å²) in [5, 5.41) is 7.22. The lowest BCUT2D eigenvalue weighted by Crippen LogP contribution is -2.43. The second kappa shape index (κ2) is 5.08. The average molecular weight is 260 g/mol. The summed E-state index contributed by atoms with van der Waals surface area (Å²) in [6, 6.07) is 4.01. The van der Waals surface area contributed by atoms with Gasteiger partial charge in [0.25, 0.3) is 0 Å². The predicted octanol–water partition coefficient (Wildman–Crippen LogP) is 2.60. The van der Waals surface area contributed by atoms with Gasteiger partial charge in [0.15, 0.2) is 0 Å². The Labute approximate surface area is 115 Å². The summed E-state index contributed by atoms with van der Waals surface area (Å²) >= 11 is 0. The Morgan fingerprint density at radius 3 is 2.53 bits per heavy atom. The molecular formula is C15H24N4. The van der Waals surface area contributed by atoms with E-state index >= 15 is 0 Å². The van der Waals surface area contributed by atoms with Crippen molar-refractivity contribution >= 4 is 5.95 Å². The first-order valence-corrected chi connectivity index (χ1v) is 7.48. The Morgan fingerprint density at radius 1 is 1.21 bits per heavy atom. The van der Waals surface area contributed by atoms with Gasteiger partial charge in [-0.3, -0.25) is 0 Å². The van der Waals surface area contributed by atoms with E-state index in [2.05, 4.69) is 40.5 Å². The number of piperidine rings is 1. The minimum Gasteiger partial charge on any atom is -0.351 e. The first-order valence-electron chi connectivity index (χ1n) is 7.48. The van der Waals surface area contributed by atoms with E-state index < -0.39 is 0 Å². The maximum absolute atomic E-state index is 4.66. The third-order valence-corrected chi connectivity index (χ3v) is 4.27. The van der Waals surface area contributed by atoms with Gasteiger partial charge in [0.05, 0.1) is 0 Å². The molecule has 19 heavy (non-hydrogen) atoms. The van der Waals surface area contributed by atoms with E-state index in [1.807, 2.05) is 6.92 Å². The Hall–Kier alpha value is -1.16. The zero-order valence-corrected chi connectivity index (χ0v) is 12.1. The first kappa shape index (κ1) is 12.9. The van der Waals surface area contributed by atoms with Gasteiger partial charge < -0.3 is 10.6 Å². The normalized spacial score (nSPS) is 29.8. The fraction of sp³-hybridized carbons (Fsp3) is 0.733. The Balaban J connectivity index is 1.72. The van der Waals surface area contributed by atoms with Crippen LogP contribution in [0.15, 0.2) is 6.07 Å². The number of hydrogen-bond acceptors (Lipinski definition) is 4. The van der Waals surface area contributed by atoms with Crippen LogP contribution < -0.4 is 10.6 Å². The molecule has 2 bridgehead atoms. The zero-order chi connectivity index (χ0) is 13.4. The summed E-state index contributed by atoms with van der Waals surface area (Å²) in [5.74, 6) is 1.27. The van der Waals surface area contributed by atoms with Crippen LogP contribution in [-0.2, 0) is 0 Å². The fourth-order valence-electron chi connectivity index (χ4n) is 3.31. The number of nitrogens with zero attached hydrogens (tertiary/aromatic N) is 2. The molecule has 0 radical (unpaired) electrons. The van der Waals surface area contributed by atoms with E-state index in [1.165, 1.54) is 25.7 Å². The number of aromatic nitrogens is 2. The highest BCUT2D eigenvalue weighted by Gasteiger charge is 2.33. The van der Waals surface area contributed by atoms with Gasteiger partial charge in [0, 0.05) is 29.5 Å². The van der Waals surface area contributed by atoms with Crippen LogP contribution in [0.2, 0.25) is 0 Å². The summed E-state index contributed by atoms with van der Waals surface area (Å²) < 4.78 is 0. The zero-order valence-electron chi connectivity index (χ0n) is 12.1. The molecule has 2 saturated heterocycles. The van der Waals surface area contributed by atoms with Crippen LogP contribution in [0.3, 0.4) is 0 Å². The van der Waals surface area contributed by atoms with E-state index in [4.69, 9.17) is 0 Å². The van der Waals surface area contributed by atoms with Crippen molar-refractivity contribution in [1.82, 2.24) is 15.3 Å². The maximum atomic E-state index is 4.66. The first-order chi connectivity index (χ1) is 9.10. The van der Waals surface area contributed by atoms with Gasteiger partial charge in [0.2, 0.25) is 5.95 Å². The van der Waals surface area contributed by atoms with Gasteiger partial charge in [-0.1, -0.05) is 13.8 Å². The molecule has 0 saturated carbocycles. The quantitative estimate of drug-likeness (QED) is 0.877. The minimum absolute atomic E-state index is 0.450. The molecule has 1 aromatic heterocycles. The van der Waals surface area contributed by atoms with E-state index in [0.717, 1.165) is 17.3 Å². The van der Waals surface area contributed by atoms with Crippen molar-refractivity contribution in [3.63, 3.8) is 0 Å². The average Bonchev–Trinajstić information content (AvgIpc) is 2.68. The molecule has 2 atom stereocenters. The SMILES string of the molecule is Cc1cc(C(C)C)nc(NC2CC3CCC(C2)N3)n1. The third-order valence-electron chi connectivity index (χ3n) is 4.27. The summed E-state index contributed by atoms with van der Waals surface area (Å²) in [6.45, 7) is 6.40. The van der Waals surface area contributed by atoms with Crippen molar-refractivity contribution in [2.45, 2.75) is 70.5 Å². The smallest absolute Gasteiger partial charge is 0.223 e. The van der Waals surface area contributed by atoms with Crippen LogP contribution in [0.1, 0.15) is 56.8 Å². The maximum Gasteiger partial charge on any atom is 0.223 e. The highest BCUT2D eigenvalue weighted by molar-refractivity contribution is 5.31. The van der Waals surface area contributed by atoms with Crippen molar-refractivity contribution in [2.24, 2.45) is 0 Å². The number of anilines is 1. The van der Waals surface area contributed by atoms with Crippen LogP contribution in [0.4, 0.5) is 5.95 Å². The predicted molar refractivity (Wildman–Crippen MR) is 77.4 cm³/mol. The molecule has 0 aliphatic carbocycles. The highest BCUT2D eigenvalue weighted by Crippen LogP contribution is 2.28.